The summed E-state index contributed by atoms with van der Waals surface area (Å²) in [5.74, 6) is -1.30. The highest BCUT2D eigenvalue weighted by Gasteiger charge is 2.04. The highest BCUT2D eigenvalue weighted by atomic mass is 19.1. The fraction of sp³-hybridized carbons (Fsp3) is 0. The molecule has 0 aliphatic carbocycles. The largest absolute Gasteiger partial charge is 0.369 e. The standard InChI is InChI=1S/C9H6FN2O/c10-8-3-6(4-9(12)13)1-2-7(8)5-11/h1-4H,(H2,12,13). The monoisotopic (exact) mass is 177 g/mol. The second-order valence-corrected chi connectivity index (χ2v) is 2.40. The predicted octanol–water partition coefficient (Wildman–Crippen LogP) is 0.735. The van der Waals surface area contributed by atoms with Gasteiger partial charge < -0.3 is 5.73 Å². The summed E-state index contributed by atoms with van der Waals surface area (Å²) in [4.78, 5) is 10.4. The van der Waals surface area contributed by atoms with Crippen LogP contribution in [-0.4, -0.2) is 5.91 Å². The van der Waals surface area contributed by atoms with Crippen LogP contribution in [0.1, 0.15) is 11.1 Å². The maximum Gasteiger partial charge on any atom is 0.226 e. The molecule has 65 valence electrons. The summed E-state index contributed by atoms with van der Waals surface area (Å²) >= 11 is 0. The Balaban J connectivity index is 2.97. The van der Waals surface area contributed by atoms with Gasteiger partial charge in [-0.3, -0.25) is 4.79 Å². The van der Waals surface area contributed by atoms with Crippen LogP contribution in [0.5, 0.6) is 0 Å². The Labute approximate surface area is 74.6 Å². The molecule has 2 N–H and O–H groups in total. The minimum atomic E-state index is -0.655. The molecule has 0 fully saturated rings. The number of halogens is 1. The number of hydrogen-bond donors (Lipinski definition) is 1. The van der Waals surface area contributed by atoms with E-state index in [1.807, 2.05) is 0 Å². The first-order valence-electron chi connectivity index (χ1n) is 3.47. The van der Waals surface area contributed by atoms with Gasteiger partial charge in [-0.15, -0.1) is 0 Å². The van der Waals surface area contributed by atoms with Gasteiger partial charge in [-0.25, -0.2) is 4.39 Å². The molecule has 0 aromatic heterocycles. The molecule has 1 amide bonds. The first-order valence-corrected chi connectivity index (χ1v) is 3.47. The molecular weight excluding hydrogens is 171 g/mol. The number of nitrogens with two attached hydrogens (primary N) is 1. The zero-order valence-corrected chi connectivity index (χ0v) is 6.62. The van der Waals surface area contributed by atoms with Crippen molar-refractivity contribution in [2.24, 2.45) is 5.73 Å². The molecule has 1 aromatic rings. The molecule has 0 aliphatic heterocycles. The van der Waals surface area contributed by atoms with Crippen LogP contribution in [0.2, 0.25) is 0 Å². The lowest BCUT2D eigenvalue weighted by atomic mass is 10.1. The third-order valence-electron chi connectivity index (χ3n) is 1.42. The van der Waals surface area contributed by atoms with Crippen molar-refractivity contribution in [3.63, 3.8) is 0 Å². The number of primary amides is 1. The fourth-order valence-electron chi connectivity index (χ4n) is 0.876. The quantitative estimate of drug-likeness (QED) is 0.723. The lowest BCUT2D eigenvalue weighted by molar-refractivity contribution is -0.114. The minimum Gasteiger partial charge on any atom is -0.369 e. The van der Waals surface area contributed by atoms with E-state index in [9.17, 15) is 9.18 Å². The van der Waals surface area contributed by atoms with Gasteiger partial charge in [0.15, 0.2) is 0 Å². The van der Waals surface area contributed by atoms with Gasteiger partial charge in [0, 0.05) is 0 Å². The van der Waals surface area contributed by atoms with E-state index in [4.69, 9.17) is 11.0 Å². The second-order valence-electron chi connectivity index (χ2n) is 2.40. The van der Waals surface area contributed by atoms with E-state index in [0.29, 0.717) is 5.56 Å². The summed E-state index contributed by atoms with van der Waals surface area (Å²) in [6, 6.07) is 5.50. The van der Waals surface area contributed by atoms with Crippen LogP contribution in [0, 0.1) is 23.6 Å². The van der Waals surface area contributed by atoms with Gasteiger partial charge in [0.1, 0.15) is 11.9 Å². The van der Waals surface area contributed by atoms with Crippen molar-refractivity contribution >= 4 is 5.91 Å². The molecule has 0 saturated carbocycles. The van der Waals surface area contributed by atoms with Crippen LogP contribution in [0.4, 0.5) is 4.39 Å². The Hall–Kier alpha value is -1.89. The summed E-state index contributed by atoms with van der Waals surface area (Å²) in [6.07, 6.45) is 1.09. The molecule has 3 nitrogen and oxygen atoms in total. The van der Waals surface area contributed by atoms with E-state index in [1.165, 1.54) is 12.1 Å². The highest BCUT2D eigenvalue weighted by Crippen LogP contribution is 2.10. The molecule has 0 aliphatic rings. The minimum absolute atomic E-state index is 0.0541. The summed E-state index contributed by atoms with van der Waals surface area (Å²) < 4.78 is 12.9. The van der Waals surface area contributed by atoms with Crippen LogP contribution in [0.15, 0.2) is 18.2 Å². The number of nitrogens with zero attached hydrogens (tertiary/aromatic N) is 1. The molecule has 0 unspecified atom stereocenters. The number of nitriles is 1. The van der Waals surface area contributed by atoms with Crippen molar-refractivity contribution in [2.45, 2.75) is 0 Å². The van der Waals surface area contributed by atoms with E-state index in [0.717, 1.165) is 12.5 Å². The van der Waals surface area contributed by atoms with Crippen LogP contribution in [0.25, 0.3) is 0 Å². The van der Waals surface area contributed by atoms with Gasteiger partial charge in [-0.1, -0.05) is 6.07 Å². The van der Waals surface area contributed by atoms with Crippen molar-refractivity contribution in [1.82, 2.24) is 0 Å². The molecule has 0 atom stereocenters. The Kier molecular flexibility index (Phi) is 2.60. The van der Waals surface area contributed by atoms with E-state index < -0.39 is 11.7 Å². The molecule has 13 heavy (non-hydrogen) atoms. The molecule has 0 bridgehead atoms. The van der Waals surface area contributed by atoms with Gasteiger partial charge in [-0.05, 0) is 17.7 Å². The van der Waals surface area contributed by atoms with Gasteiger partial charge in [0.05, 0.1) is 12.0 Å². The molecule has 1 rings (SSSR count). The topological polar surface area (TPSA) is 66.9 Å². The van der Waals surface area contributed by atoms with Crippen LogP contribution >= 0.6 is 0 Å². The normalized spacial score (nSPS) is 9.23. The summed E-state index contributed by atoms with van der Waals surface area (Å²) in [7, 11) is 0. The number of carbonyl (C=O) groups excluding carboxylic acids is 1. The third kappa shape index (κ3) is 2.27. The SMILES string of the molecule is N#Cc1ccc([CH]C(N)=O)cc1F. The Morgan fingerprint density at radius 1 is 1.62 bits per heavy atom. The maximum atomic E-state index is 12.9. The van der Waals surface area contributed by atoms with E-state index in [-0.39, 0.29) is 5.56 Å². The second kappa shape index (κ2) is 3.68. The van der Waals surface area contributed by atoms with Crippen LogP contribution < -0.4 is 5.73 Å². The predicted molar refractivity (Wildman–Crippen MR) is 43.7 cm³/mol. The lowest BCUT2D eigenvalue weighted by Crippen LogP contribution is -2.11. The molecular formula is C9H6FN2O. The maximum absolute atomic E-state index is 12.9. The van der Waals surface area contributed by atoms with Gasteiger partial charge in [0.25, 0.3) is 0 Å². The van der Waals surface area contributed by atoms with E-state index in [2.05, 4.69) is 0 Å². The van der Waals surface area contributed by atoms with Crippen molar-refractivity contribution in [3.8, 4) is 6.07 Å². The zero-order chi connectivity index (χ0) is 9.84. The molecule has 1 aromatic carbocycles. The molecule has 1 radical (unpaired) electrons. The van der Waals surface area contributed by atoms with E-state index in [1.54, 1.807) is 6.07 Å². The molecule has 0 saturated heterocycles. The van der Waals surface area contributed by atoms with Gasteiger partial charge in [-0.2, -0.15) is 5.26 Å². The number of rotatable bonds is 2. The smallest absolute Gasteiger partial charge is 0.226 e. The third-order valence-corrected chi connectivity index (χ3v) is 1.42. The Morgan fingerprint density at radius 2 is 2.31 bits per heavy atom. The number of hydrogen-bond acceptors (Lipinski definition) is 2. The number of carbonyl (C=O) groups is 1. The molecule has 0 heterocycles. The van der Waals surface area contributed by atoms with E-state index >= 15 is 0 Å². The summed E-state index contributed by atoms with van der Waals surface area (Å²) in [5, 5.41) is 8.40. The number of benzene rings is 1. The van der Waals surface area contributed by atoms with Crippen molar-refractivity contribution in [3.05, 3.63) is 41.6 Å². The van der Waals surface area contributed by atoms with Crippen molar-refractivity contribution < 1.29 is 9.18 Å². The lowest BCUT2D eigenvalue weighted by Gasteiger charge is -1.97. The first kappa shape index (κ1) is 9.20. The first-order chi connectivity index (χ1) is 6.13. The average molecular weight is 177 g/mol. The van der Waals surface area contributed by atoms with Crippen molar-refractivity contribution in [2.75, 3.05) is 0 Å². The summed E-state index contributed by atoms with van der Waals surface area (Å²) in [6.45, 7) is 0. The Morgan fingerprint density at radius 3 is 2.77 bits per heavy atom. The van der Waals surface area contributed by atoms with Crippen LogP contribution in [0.3, 0.4) is 0 Å². The number of amides is 1. The highest BCUT2D eigenvalue weighted by molar-refractivity contribution is 5.86. The average Bonchev–Trinajstić information content (AvgIpc) is 2.03. The Bertz CT molecular complexity index is 382. The zero-order valence-electron chi connectivity index (χ0n) is 6.62. The van der Waals surface area contributed by atoms with Crippen LogP contribution in [-0.2, 0) is 4.79 Å². The fourth-order valence-corrected chi connectivity index (χ4v) is 0.876. The molecule has 0 spiro atoms. The molecule has 4 heteroatoms. The van der Waals surface area contributed by atoms with Gasteiger partial charge in [0.2, 0.25) is 5.91 Å². The summed E-state index contributed by atoms with van der Waals surface area (Å²) in [5.41, 5.74) is 5.16. The van der Waals surface area contributed by atoms with Crippen molar-refractivity contribution in [1.29, 1.82) is 5.26 Å². The van der Waals surface area contributed by atoms with Gasteiger partial charge >= 0.3 is 0 Å².